The van der Waals surface area contributed by atoms with Crippen molar-refractivity contribution in [3.63, 3.8) is 0 Å². The van der Waals surface area contributed by atoms with E-state index in [1.807, 2.05) is 11.6 Å². The second-order valence-electron chi connectivity index (χ2n) is 5.95. The first kappa shape index (κ1) is 16.4. The van der Waals surface area contributed by atoms with Gasteiger partial charge in [-0.3, -0.25) is 24.5 Å². The Kier molecular flexibility index (Phi) is 4.75. The van der Waals surface area contributed by atoms with Crippen molar-refractivity contribution in [2.75, 3.05) is 19.7 Å². The van der Waals surface area contributed by atoms with Crippen molar-refractivity contribution in [1.82, 2.24) is 14.7 Å². The number of nitro benzene ring substituents is 1. The molecular weight excluding hydrogens is 312 g/mol. The van der Waals surface area contributed by atoms with E-state index in [-0.39, 0.29) is 17.6 Å². The van der Waals surface area contributed by atoms with E-state index in [1.54, 1.807) is 12.3 Å². The molecule has 3 rings (SSSR count). The van der Waals surface area contributed by atoms with Crippen molar-refractivity contribution in [2.45, 2.75) is 26.4 Å². The number of nitro groups is 1. The van der Waals surface area contributed by atoms with Gasteiger partial charge >= 0.3 is 5.97 Å². The summed E-state index contributed by atoms with van der Waals surface area (Å²) in [6, 6.07) is 4.72. The molecule has 1 aromatic carbocycles. The number of ether oxygens (including phenoxy) is 1. The number of aromatic nitrogens is 2. The molecule has 1 aliphatic heterocycles. The van der Waals surface area contributed by atoms with Gasteiger partial charge in [0, 0.05) is 24.1 Å². The molecule has 1 fully saturated rings. The summed E-state index contributed by atoms with van der Waals surface area (Å²) >= 11 is 0. The van der Waals surface area contributed by atoms with Crippen molar-refractivity contribution in [3.8, 4) is 0 Å². The zero-order valence-corrected chi connectivity index (χ0v) is 13.6. The molecule has 0 bridgehead atoms. The Morgan fingerprint density at radius 3 is 3.08 bits per heavy atom. The summed E-state index contributed by atoms with van der Waals surface area (Å²) in [5.74, 6) is -0.232. The van der Waals surface area contributed by atoms with E-state index < -0.39 is 4.92 Å². The number of carbonyl (C=O) groups excluding carboxylic acids is 1. The van der Waals surface area contributed by atoms with Crippen molar-refractivity contribution in [2.24, 2.45) is 5.92 Å². The molecule has 2 aromatic rings. The van der Waals surface area contributed by atoms with Crippen LogP contribution in [0.1, 0.15) is 19.8 Å². The third-order valence-electron chi connectivity index (χ3n) is 4.30. The van der Waals surface area contributed by atoms with Crippen molar-refractivity contribution in [1.29, 1.82) is 0 Å². The molecule has 0 aliphatic carbocycles. The molecule has 24 heavy (non-hydrogen) atoms. The molecule has 8 heteroatoms. The monoisotopic (exact) mass is 332 g/mol. The molecule has 1 aromatic heterocycles. The Labute approximate surface area is 139 Å². The van der Waals surface area contributed by atoms with E-state index in [2.05, 4.69) is 10.00 Å². The standard InChI is InChI=1S/C16H20N4O4/c1-2-24-16(21)12-4-3-7-18(10-12)11-19-15-6-5-14(20(22)23)8-13(15)9-17-19/h5-6,8-9,12H,2-4,7,10-11H2,1H3/t12-/m1/s1. The van der Waals surface area contributed by atoms with Gasteiger partial charge in [0.2, 0.25) is 0 Å². The molecule has 2 heterocycles. The predicted molar refractivity (Wildman–Crippen MR) is 87.3 cm³/mol. The van der Waals surface area contributed by atoms with E-state index >= 15 is 0 Å². The average Bonchev–Trinajstić information content (AvgIpc) is 2.97. The van der Waals surface area contributed by atoms with Gasteiger partial charge in [-0.15, -0.1) is 0 Å². The zero-order valence-electron chi connectivity index (χ0n) is 13.6. The smallest absolute Gasteiger partial charge is 0.310 e. The van der Waals surface area contributed by atoms with Gasteiger partial charge in [0.05, 0.1) is 35.8 Å². The van der Waals surface area contributed by atoms with Gasteiger partial charge in [-0.2, -0.15) is 5.10 Å². The second kappa shape index (κ2) is 6.96. The first-order valence-electron chi connectivity index (χ1n) is 8.07. The fraction of sp³-hybridized carbons (Fsp3) is 0.500. The molecule has 128 valence electrons. The first-order valence-corrected chi connectivity index (χ1v) is 8.07. The lowest BCUT2D eigenvalue weighted by atomic mass is 9.98. The predicted octanol–water partition coefficient (Wildman–Crippen LogP) is 2.18. The van der Waals surface area contributed by atoms with E-state index in [9.17, 15) is 14.9 Å². The summed E-state index contributed by atoms with van der Waals surface area (Å²) in [5, 5.41) is 15.9. The van der Waals surface area contributed by atoms with Crippen LogP contribution in [0, 0.1) is 16.0 Å². The zero-order chi connectivity index (χ0) is 17.1. The van der Waals surface area contributed by atoms with Crippen LogP contribution in [0.5, 0.6) is 0 Å². The number of rotatable bonds is 5. The maximum Gasteiger partial charge on any atom is 0.310 e. The van der Waals surface area contributed by atoms with Crippen LogP contribution in [0.4, 0.5) is 5.69 Å². The highest BCUT2D eigenvalue weighted by Gasteiger charge is 2.27. The Morgan fingerprint density at radius 1 is 1.50 bits per heavy atom. The average molecular weight is 332 g/mol. The molecule has 0 N–H and O–H groups in total. The molecule has 1 aliphatic rings. The van der Waals surface area contributed by atoms with Crippen LogP contribution in [0.25, 0.3) is 10.9 Å². The van der Waals surface area contributed by atoms with Crippen molar-refractivity contribution >= 4 is 22.6 Å². The van der Waals surface area contributed by atoms with Gasteiger partial charge in [0.25, 0.3) is 5.69 Å². The summed E-state index contributed by atoms with van der Waals surface area (Å²) in [5.41, 5.74) is 0.904. The molecule has 0 saturated carbocycles. The Bertz CT molecular complexity index is 758. The number of benzene rings is 1. The molecule has 0 radical (unpaired) electrons. The van der Waals surface area contributed by atoms with Crippen LogP contribution in [0.2, 0.25) is 0 Å². The minimum atomic E-state index is -0.411. The van der Waals surface area contributed by atoms with Crippen LogP contribution >= 0.6 is 0 Å². The lowest BCUT2D eigenvalue weighted by Crippen LogP contribution is -2.40. The van der Waals surface area contributed by atoms with Gasteiger partial charge in [-0.05, 0) is 32.4 Å². The van der Waals surface area contributed by atoms with E-state index in [1.165, 1.54) is 12.1 Å². The third-order valence-corrected chi connectivity index (χ3v) is 4.30. The molecule has 1 saturated heterocycles. The van der Waals surface area contributed by atoms with Crippen LogP contribution in [0.15, 0.2) is 24.4 Å². The quantitative estimate of drug-likeness (QED) is 0.473. The van der Waals surface area contributed by atoms with E-state index in [4.69, 9.17) is 4.74 Å². The second-order valence-corrected chi connectivity index (χ2v) is 5.95. The molecule has 0 unspecified atom stereocenters. The molecule has 0 spiro atoms. The van der Waals surface area contributed by atoms with Crippen LogP contribution < -0.4 is 0 Å². The molecular formula is C16H20N4O4. The van der Waals surface area contributed by atoms with Gasteiger partial charge in [0.15, 0.2) is 0 Å². The maximum atomic E-state index is 11.9. The highest BCUT2D eigenvalue weighted by molar-refractivity contribution is 5.81. The lowest BCUT2D eigenvalue weighted by Gasteiger charge is -2.31. The number of hydrogen-bond donors (Lipinski definition) is 0. The van der Waals surface area contributed by atoms with E-state index in [0.717, 1.165) is 30.3 Å². The number of likely N-dealkylation sites (tertiary alicyclic amines) is 1. The van der Waals surface area contributed by atoms with Crippen LogP contribution in [0.3, 0.4) is 0 Å². The number of carbonyl (C=O) groups is 1. The number of esters is 1. The number of piperidine rings is 1. The fourth-order valence-electron chi connectivity index (χ4n) is 3.13. The SMILES string of the molecule is CCOC(=O)[C@@H]1CCCN(Cn2ncc3cc([N+](=O)[O-])ccc32)C1. The van der Waals surface area contributed by atoms with Crippen LogP contribution in [-0.4, -0.2) is 45.3 Å². The summed E-state index contributed by atoms with van der Waals surface area (Å²) in [6.07, 6.45) is 3.42. The topological polar surface area (TPSA) is 90.5 Å². The number of nitrogens with zero attached hydrogens (tertiary/aromatic N) is 4. The largest absolute Gasteiger partial charge is 0.466 e. The van der Waals surface area contributed by atoms with Gasteiger partial charge in [-0.1, -0.05) is 0 Å². The molecule has 8 nitrogen and oxygen atoms in total. The highest BCUT2D eigenvalue weighted by Crippen LogP contribution is 2.22. The van der Waals surface area contributed by atoms with Gasteiger partial charge in [0.1, 0.15) is 0 Å². The Morgan fingerprint density at radius 2 is 2.33 bits per heavy atom. The summed E-state index contributed by atoms with van der Waals surface area (Å²) in [7, 11) is 0. The number of fused-ring (bicyclic) bond motifs is 1. The summed E-state index contributed by atoms with van der Waals surface area (Å²) in [4.78, 5) is 24.5. The minimum Gasteiger partial charge on any atom is -0.466 e. The Balaban J connectivity index is 1.72. The van der Waals surface area contributed by atoms with Gasteiger partial charge in [-0.25, -0.2) is 0 Å². The Hall–Kier alpha value is -2.48. The fourth-order valence-corrected chi connectivity index (χ4v) is 3.13. The first-order chi connectivity index (χ1) is 11.6. The summed E-state index contributed by atoms with van der Waals surface area (Å²) in [6.45, 7) is 4.31. The minimum absolute atomic E-state index is 0.0578. The molecule has 0 amide bonds. The normalized spacial score (nSPS) is 18.6. The van der Waals surface area contributed by atoms with Crippen LogP contribution in [-0.2, 0) is 16.2 Å². The summed E-state index contributed by atoms with van der Waals surface area (Å²) < 4.78 is 6.93. The van der Waals surface area contributed by atoms with Crippen molar-refractivity contribution in [3.05, 3.63) is 34.5 Å². The van der Waals surface area contributed by atoms with E-state index in [0.29, 0.717) is 19.8 Å². The third kappa shape index (κ3) is 3.38. The van der Waals surface area contributed by atoms with Crippen molar-refractivity contribution < 1.29 is 14.5 Å². The number of hydrogen-bond acceptors (Lipinski definition) is 6. The van der Waals surface area contributed by atoms with Gasteiger partial charge < -0.3 is 4.74 Å². The highest BCUT2D eigenvalue weighted by atomic mass is 16.6. The lowest BCUT2D eigenvalue weighted by molar-refractivity contribution is -0.384. The maximum absolute atomic E-state index is 11.9. The molecule has 1 atom stereocenters. The number of non-ortho nitro benzene ring substituents is 1.